The van der Waals surface area contributed by atoms with E-state index in [9.17, 15) is 5.26 Å². The predicted molar refractivity (Wildman–Crippen MR) is 120 cm³/mol. The van der Waals surface area contributed by atoms with Crippen molar-refractivity contribution >= 4 is 29.7 Å². The third-order valence-corrected chi connectivity index (χ3v) is 5.21. The van der Waals surface area contributed by atoms with Crippen LogP contribution in [0.3, 0.4) is 0 Å². The Morgan fingerprint density at radius 2 is 2.13 bits per heavy atom. The van der Waals surface area contributed by atoms with Crippen molar-refractivity contribution in [2.75, 3.05) is 7.05 Å². The lowest BCUT2D eigenvalue weighted by molar-refractivity contribution is 0.532. The second kappa shape index (κ2) is 8.90. The van der Waals surface area contributed by atoms with Crippen molar-refractivity contribution in [3.63, 3.8) is 0 Å². The van der Waals surface area contributed by atoms with Gasteiger partial charge in [-0.2, -0.15) is 10.4 Å². The smallest absolute Gasteiger partial charge is 0.149 e. The molecule has 0 fully saturated rings. The van der Waals surface area contributed by atoms with Crippen LogP contribution in [0, 0.1) is 16.7 Å². The molecule has 3 aromatic heterocycles. The minimum absolute atomic E-state index is 0.251. The van der Waals surface area contributed by atoms with Crippen molar-refractivity contribution < 1.29 is 0 Å². The number of nitrogens with zero attached hydrogens (tertiary/aromatic N) is 7. The van der Waals surface area contributed by atoms with Gasteiger partial charge in [0, 0.05) is 49.2 Å². The van der Waals surface area contributed by atoms with E-state index in [1.807, 2.05) is 35.0 Å². The van der Waals surface area contributed by atoms with Crippen LogP contribution in [0.4, 0.5) is 0 Å². The van der Waals surface area contributed by atoms with Gasteiger partial charge in [0.1, 0.15) is 11.5 Å². The highest BCUT2D eigenvalue weighted by Gasteiger charge is 2.19. The Labute approximate surface area is 184 Å². The highest BCUT2D eigenvalue weighted by molar-refractivity contribution is 6.30. The summed E-state index contributed by atoms with van der Waals surface area (Å²) in [6.45, 7) is 0. The highest BCUT2D eigenvalue weighted by atomic mass is 35.5. The Morgan fingerprint density at radius 3 is 2.84 bits per heavy atom. The number of fused-ring (bicyclic) bond motifs is 1. The summed E-state index contributed by atoms with van der Waals surface area (Å²) in [6.07, 6.45) is 10.4. The monoisotopic (exact) mass is 430 g/mol. The molecule has 0 spiro atoms. The summed E-state index contributed by atoms with van der Waals surface area (Å²) in [6, 6.07) is 11.2. The first-order valence-corrected chi connectivity index (χ1v) is 9.96. The highest BCUT2D eigenvalue weighted by Crippen LogP contribution is 2.27. The van der Waals surface area contributed by atoms with Crippen LogP contribution < -0.4 is 0 Å². The lowest BCUT2D eigenvalue weighted by Gasteiger charge is -2.15. The molecule has 9 heteroatoms. The van der Waals surface area contributed by atoms with Gasteiger partial charge in [-0.3, -0.25) is 14.1 Å². The van der Waals surface area contributed by atoms with Gasteiger partial charge in [0.2, 0.25) is 0 Å². The van der Waals surface area contributed by atoms with Gasteiger partial charge in [-0.05, 0) is 17.7 Å². The third-order valence-electron chi connectivity index (χ3n) is 4.96. The summed E-state index contributed by atoms with van der Waals surface area (Å²) in [7, 11) is 1.67. The second-order valence-electron chi connectivity index (χ2n) is 6.90. The SMILES string of the molecule is CN=CC(C=N)c1cc2nccn2c(-c2cnn(C(CC#N)c3ccc(Cl)cc3)c2)n1. The lowest BCUT2D eigenvalue weighted by atomic mass is 10.0. The fourth-order valence-electron chi connectivity index (χ4n) is 3.44. The Bertz CT molecular complexity index is 1280. The molecular weight excluding hydrogens is 412 g/mol. The van der Waals surface area contributed by atoms with Crippen molar-refractivity contribution in [2.45, 2.75) is 18.4 Å². The summed E-state index contributed by atoms with van der Waals surface area (Å²) in [5, 5.41) is 22.2. The molecule has 0 saturated heterocycles. The number of hydrogen-bond acceptors (Lipinski definition) is 6. The topological polar surface area (TPSA) is 108 Å². The van der Waals surface area contributed by atoms with Gasteiger partial charge in [-0.25, -0.2) is 9.97 Å². The Balaban J connectivity index is 1.79. The quantitative estimate of drug-likeness (QED) is 0.443. The van der Waals surface area contributed by atoms with E-state index in [0.29, 0.717) is 16.5 Å². The van der Waals surface area contributed by atoms with Gasteiger partial charge in [0.05, 0.1) is 41.9 Å². The van der Waals surface area contributed by atoms with Gasteiger partial charge in [0.15, 0.2) is 0 Å². The van der Waals surface area contributed by atoms with E-state index in [4.69, 9.17) is 22.0 Å². The van der Waals surface area contributed by atoms with E-state index in [-0.39, 0.29) is 18.4 Å². The standard InChI is InChI=1S/C22H19ClN8/c1-26-12-16(11-25)19-10-21-27-8-9-30(21)22(29-19)17-13-28-31(14-17)20(6-7-24)15-2-4-18(23)5-3-15/h2-5,8-14,16,20,25H,6H2,1H3. The van der Waals surface area contributed by atoms with Crippen LogP contribution in [0.5, 0.6) is 0 Å². The molecule has 1 aromatic carbocycles. The summed E-state index contributed by atoms with van der Waals surface area (Å²) in [4.78, 5) is 13.2. The van der Waals surface area contributed by atoms with Crippen molar-refractivity contribution in [3.05, 3.63) is 71.4 Å². The van der Waals surface area contributed by atoms with Crippen LogP contribution in [0.1, 0.15) is 29.6 Å². The number of rotatable bonds is 7. The van der Waals surface area contributed by atoms with Crippen molar-refractivity contribution in [1.29, 1.82) is 10.7 Å². The number of aromatic nitrogens is 5. The average Bonchev–Trinajstić information content (AvgIpc) is 3.45. The molecule has 0 amide bonds. The van der Waals surface area contributed by atoms with Crippen LogP contribution in [-0.2, 0) is 0 Å². The van der Waals surface area contributed by atoms with Gasteiger partial charge in [-0.1, -0.05) is 23.7 Å². The molecule has 2 unspecified atom stereocenters. The molecule has 0 bridgehead atoms. The zero-order valence-corrected chi connectivity index (χ0v) is 17.5. The zero-order chi connectivity index (χ0) is 21.8. The molecule has 0 radical (unpaired) electrons. The number of imidazole rings is 1. The number of halogens is 1. The molecule has 3 heterocycles. The van der Waals surface area contributed by atoms with Crippen LogP contribution in [0.25, 0.3) is 17.0 Å². The normalized spacial score (nSPS) is 13.3. The second-order valence-corrected chi connectivity index (χ2v) is 7.33. The molecular formula is C22H19ClN8. The maximum Gasteiger partial charge on any atom is 0.149 e. The maximum atomic E-state index is 9.35. The van der Waals surface area contributed by atoms with E-state index in [1.54, 1.807) is 42.5 Å². The molecule has 0 aliphatic carbocycles. The van der Waals surface area contributed by atoms with Crippen molar-refractivity contribution in [1.82, 2.24) is 24.1 Å². The van der Waals surface area contributed by atoms with E-state index >= 15 is 0 Å². The molecule has 0 aliphatic rings. The molecule has 0 saturated carbocycles. The Morgan fingerprint density at radius 1 is 1.32 bits per heavy atom. The van der Waals surface area contributed by atoms with E-state index in [0.717, 1.165) is 16.8 Å². The first-order chi connectivity index (χ1) is 15.1. The van der Waals surface area contributed by atoms with Crippen LogP contribution in [-0.4, -0.2) is 43.6 Å². The van der Waals surface area contributed by atoms with Crippen molar-refractivity contribution in [3.8, 4) is 17.5 Å². The zero-order valence-electron chi connectivity index (χ0n) is 16.7. The van der Waals surface area contributed by atoms with Crippen LogP contribution >= 0.6 is 11.6 Å². The number of nitrogens with one attached hydrogen (secondary N) is 1. The minimum Gasteiger partial charge on any atom is -0.312 e. The maximum absolute atomic E-state index is 9.35. The van der Waals surface area contributed by atoms with E-state index in [2.05, 4.69) is 21.1 Å². The van der Waals surface area contributed by atoms with Gasteiger partial charge in [-0.15, -0.1) is 0 Å². The molecule has 1 N–H and O–H groups in total. The summed E-state index contributed by atoms with van der Waals surface area (Å²) >= 11 is 6.01. The molecule has 0 aliphatic heterocycles. The Kier molecular flexibility index (Phi) is 5.87. The summed E-state index contributed by atoms with van der Waals surface area (Å²) in [5.74, 6) is 0.306. The van der Waals surface area contributed by atoms with Gasteiger partial charge >= 0.3 is 0 Å². The molecule has 8 nitrogen and oxygen atoms in total. The summed E-state index contributed by atoms with van der Waals surface area (Å²) < 4.78 is 3.64. The number of benzene rings is 1. The fourth-order valence-corrected chi connectivity index (χ4v) is 3.57. The lowest BCUT2D eigenvalue weighted by Crippen LogP contribution is -2.10. The third kappa shape index (κ3) is 4.09. The number of hydrogen-bond donors (Lipinski definition) is 1. The van der Waals surface area contributed by atoms with E-state index in [1.165, 1.54) is 6.21 Å². The molecule has 154 valence electrons. The molecule has 31 heavy (non-hydrogen) atoms. The average molecular weight is 431 g/mol. The van der Waals surface area contributed by atoms with Crippen LogP contribution in [0.2, 0.25) is 5.02 Å². The largest absolute Gasteiger partial charge is 0.312 e. The first-order valence-electron chi connectivity index (χ1n) is 9.58. The van der Waals surface area contributed by atoms with Crippen molar-refractivity contribution in [2.24, 2.45) is 4.99 Å². The van der Waals surface area contributed by atoms with Gasteiger partial charge < -0.3 is 5.41 Å². The van der Waals surface area contributed by atoms with E-state index < -0.39 is 0 Å². The molecule has 4 rings (SSSR count). The fraction of sp³-hybridized carbons (Fsp3) is 0.182. The number of nitriles is 1. The molecule has 2 atom stereocenters. The summed E-state index contributed by atoms with van der Waals surface area (Å²) in [5.41, 5.74) is 3.11. The van der Waals surface area contributed by atoms with Gasteiger partial charge in [0.25, 0.3) is 0 Å². The molecule has 4 aromatic rings. The first kappa shape index (κ1) is 20.4. The number of aliphatic imine (C=N–C) groups is 1. The van der Waals surface area contributed by atoms with Crippen LogP contribution in [0.15, 0.2) is 60.1 Å². The predicted octanol–water partition coefficient (Wildman–Crippen LogP) is 4.18. The minimum atomic E-state index is -0.346. The Hall–Kier alpha value is -3.83.